The molecule has 1 saturated carbocycles. The van der Waals surface area contributed by atoms with Gasteiger partial charge in [-0.15, -0.1) is 0 Å². The Kier molecular flexibility index (Phi) is 3.63. The summed E-state index contributed by atoms with van der Waals surface area (Å²) < 4.78 is 0. The summed E-state index contributed by atoms with van der Waals surface area (Å²) in [5.41, 5.74) is 0.585. The minimum atomic E-state index is -0.0794. The Morgan fingerprint density at radius 3 is 2.14 bits per heavy atom. The second-order valence-corrected chi connectivity index (χ2v) is 6.48. The summed E-state index contributed by atoms with van der Waals surface area (Å²) in [5, 5.41) is 10.2. The number of rotatable bonds is 3. The standard InChI is InChI=1S/C13H26O/c1-12(2,3)10-7-11(14)13(4)8-5-6-9-13/h11,14H,5-10H2,1-4H3. The van der Waals surface area contributed by atoms with Crippen LogP contribution < -0.4 is 0 Å². The van der Waals surface area contributed by atoms with Crippen molar-refractivity contribution in [1.82, 2.24) is 0 Å². The quantitative estimate of drug-likeness (QED) is 0.732. The van der Waals surface area contributed by atoms with Gasteiger partial charge in [0.1, 0.15) is 0 Å². The molecule has 0 heterocycles. The number of hydrogen-bond acceptors (Lipinski definition) is 1. The van der Waals surface area contributed by atoms with Gasteiger partial charge < -0.3 is 5.11 Å². The van der Waals surface area contributed by atoms with E-state index in [1.165, 1.54) is 25.7 Å². The van der Waals surface area contributed by atoms with Crippen molar-refractivity contribution < 1.29 is 5.11 Å². The SMILES string of the molecule is CC(C)(C)CCC(O)C1(C)CCCC1. The zero-order chi connectivity index (χ0) is 10.8. The number of hydrogen-bond donors (Lipinski definition) is 1. The first-order valence-corrected chi connectivity index (χ1v) is 6.02. The van der Waals surface area contributed by atoms with Crippen molar-refractivity contribution in [3.8, 4) is 0 Å². The summed E-state index contributed by atoms with van der Waals surface area (Å²) in [6, 6.07) is 0. The molecule has 1 aliphatic carbocycles. The molecule has 1 nitrogen and oxygen atoms in total. The van der Waals surface area contributed by atoms with Crippen LogP contribution in [0, 0.1) is 10.8 Å². The van der Waals surface area contributed by atoms with Crippen LogP contribution in [0.5, 0.6) is 0 Å². The molecule has 0 bridgehead atoms. The molecule has 0 aliphatic heterocycles. The van der Waals surface area contributed by atoms with Gasteiger partial charge in [0.15, 0.2) is 0 Å². The molecule has 1 fully saturated rings. The maximum atomic E-state index is 10.2. The van der Waals surface area contributed by atoms with Gasteiger partial charge in [0.2, 0.25) is 0 Å². The van der Waals surface area contributed by atoms with Gasteiger partial charge in [0.05, 0.1) is 6.10 Å². The van der Waals surface area contributed by atoms with Crippen LogP contribution in [0.15, 0.2) is 0 Å². The third kappa shape index (κ3) is 3.27. The van der Waals surface area contributed by atoms with Gasteiger partial charge in [0, 0.05) is 0 Å². The van der Waals surface area contributed by atoms with Crippen molar-refractivity contribution in [2.24, 2.45) is 10.8 Å². The zero-order valence-electron chi connectivity index (χ0n) is 10.3. The van der Waals surface area contributed by atoms with Crippen LogP contribution in [0.3, 0.4) is 0 Å². The van der Waals surface area contributed by atoms with Gasteiger partial charge in [-0.05, 0) is 36.5 Å². The van der Waals surface area contributed by atoms with Crippen LogP contribution in [-0.2, 0) is 0 Å². The fourth-order valence-electron chi connectivity index (χ4n) is 2.43. The zero-order valence-corrected chi connectivity index (χ0v) is 10.3. The summed E-state index contributed by atoms with van der Waals surface area (Å²) in [6.07, 6.45) is 7.08. The average molecular weight is 198 g/mol. The lowest BCUT2D eigenvalue weighted by Gasteiger charge is -2.32. The van der Waals surface area contributed by atoms with E-state index in [2.05, 4.69) is 27.7 Å². The van der Waals surface area contributed by atoms with Crippen molar-refractivity contribution >= 4 is 0 Å². The van der Waals surface area contributed by atoms with E-state index in [1.54, 1.807) is 0 Å². The molecular formula is C13H26O. The molecule has 1 atom stereocenters. The Balaban J connectivity index is 2.37. The predicted octanol–water partition coefficient (Wildman–Crippen LogP) is 3.75. The van der Waals surface area contributed by atoms with Crippen LogP contribution in [0.2, 0.25) is 0 Å². The first kappa shape index (κ1) is 12.0. The van der Waals surface area contributed by atoms with Crippen molar-refractivity contribution in [3.05, 3.63) is 0 Å². The van der Waals surface area contributed by atoms with Crippen LogP contribution >= 0.6 is 0 Å². The number of aliphatic hydroxyl groups is 1. The van der Waals surface area contributed by atoms with Gasteiger partial charge in [-0.3, -0.25) is 0 Å². The second-order valence-electron chi connectivity index (χ2n) is 6.48. The maximum absolute atomic E-state index is 10.2. The lowest BCUT2D eigenvalue weighted by molar-refractivity contribution is 0.0266. The molecule has 0 aromatic carbocycles. The molecule has 0 aromatic rings. The fraction of sp³-hybridized carbons (Fsp3) is 1.00. The predicted molar refractivity (Wildman–Crippen MR) is 61.3 cm³/mol. The summed E-state index contributed by atoms with van der Waals surface area (Å²) >= 11 is 0. The lowest BCUT2D eigenvalue weighted by Crippen LogP contribution is -2.30. The Hall–Kier alpha value is -0.0400. The second kappa shape index (κ2) is 4.22. The number of aliphatic hydroxyl groups excluding tert-OH is 1. The molecule has 0 saturated heterocycles. The van der Waals surface area contributed by atoms with Gasteiger partial charge in [0.25, 0.3) is 0 Å². The highest BCUT2D eigenvalue weighted by Crippen LogP contribution is 2.42. The molecule has 0 radical (unpaired) electrons. The lowest BCUT2D eigenvalue weighted by atomic mass is 9.78. The monoisotopic (exact) mass is 198 g/mol. The van der Waals surface area contributed by atoms with Crippen LogP contribution in [0.4, 0.5) is 0 Å². The van der Waals surface area contributed by atoms with Crippen molar-refractivity contribution in [3.63, 3.8) is 0 Å². The van der Waals surface area contributed by atoms with Gasteiger partial charge in [-0.1, -0.05) is 40.5 Å². The Bertz CT molecular complexity index is 172. The van der Waals surface area contributed by atoms with E-state index < -0.39 is 0 Å². The smallest absolute Gasteiger partial charge is 0.0594 e. The van der Waals surface area contributed by atoms with E-state index in [-0.39, 0.29) is 11.5 Å². The largest absolute Gasteiger partial charge is 0.393 e. The van der Waals surface area contributed by atoms with E-state index in [4.69, 9.17) is 0 Å². The van der Waals surface area contributed by atoms with Gasteiger partial charge >= 0.3 is 0 Å². The highest BCUT2D eigenvalue weighted by Gasteiger charge is 2.35. The molecular weight excluding hydrogens is 172 g/mol. The highest BCUT2D eigenvalue weighted by atomic mass is 16.3. The molecule has 1 heteroatoms. The highest BCUT2D eigenvalue weighted by molar-refractivity contribution is 4.87. The van der Waals surface area contributed by atoms with Gasteiger partial charge in [-0.25, -0.2) is 0 Å². The van der Waals surface area contributed by atoms with Crippen LogP contribution in [-0.4, -0.2) is 11.2 Å². The van der Waals surface area contributed by atoms with E-state index >= 15 is 0 Å². The molecule has 1 rings (SSSR count). The van der Waals surface area contributed by atoms with E-state index in [0.717, 1.165) is 12.8 Å². The van der Waals surface area contributed by atoms with Gasteiger partial charge in [-0.2, -0.15) is 0 Å². The van der Waals surface area contributed by atoms with E-state index in [0.29, 0.717) is 5.41 Å². The minimum Gasteiger partial charge on any atom is -0.393 e. The van der Waals surface area contributed by atoms with Crippen LogP contribution in [0.25, 0.3) is 0 Å². The molecule has 1 N–H and O–H groups in total. The Labute approximate surface area is 88.9 Å². The van der Waals surface area contributed by atoms with Crippen molar-refractivity contribution in [1.29, 1.82) is 0 Å². The Morgan fingerprint density at radius 1 is 1.21 bits per heavy atom. The molecule has 0 spiro atoms. The summed E-state index contributed by atoms with van der Waals surface area (Å²) in [5.74, 6) is 0. The molecule has 1 aliphatic rings. The van der Waals surface area contributed by atoms with Crippen molar-refractivity contribution in [2.45, 2.75) is 72.3 Å². The first-order chi connectivity index (χ1) is 6.33. The third-order valence-electron chi connectivity index (χ3n) is 3.72. The Morgan fingerprint density at radius 2 is 1.71 bits per heavy atom. The summed E-state index contributed by atoms with van der Waals surface area (Å²) in [4.78, 5) is 0. The average Bonchev–Trinajstić information content (AvgIpc) is 2.48. The third-order valence-corrected chi connectivity index (χ3v) is 3.72. The summed E-state index contributed by atoms with van der Waals surface area (Å²) in [7, 11) is 0. The van der Waals surface area contributed by atoms with Crippen molar-refractivity contribution in [2.75, 3.05) is 0 Å². The maximum Gasteiger partial charge on any atom is 0.0594 e. The summed E-state index contributed by atoms with van der Waals surface area (Å²) in [6.45, 7) is 9.00. The fourth-order valence-corrected chi connectivity index (χ4v) is 2.43. The minimum absolute atomic E-state index is 0.0794. The normalized spacial score (nSPS) is 23.8. The molecule has 0 amide bonds. The van der Waals surface area contributed by atoms with Crippen LogP contribution in [0.1, 0.15) is 66.2 Å². The van der Waals surface area contributed by atoms with E-state index in [1.807, 2.05) is 0 Å². The molecule has 1 unspecified atom stereocenters. The topological polar surface area (TPSA) is 20.2 Å². The molecule has 0 aromatic heterocycles. The van der Waals surface area contributed by atoms with E-state index in [9.17, 15) is 5.11 Å². The molecule has 14 heavy (non-hydrogen) atoms. The molecule has 84 valence electrons. The first-order valence-electron chi connectivity index (χ1n) is 6.02.